The molecule has 12 heavy (non-hydrogen) atoms. The van der Waals surface area contributed by atoms with Gasteiger partial charge in [0.25, 0.3) is 0 Å². The number of hydrogen-bond acceptors (Lipinski definition) is 2. The first-order chi connectivity index (χ1) is 5.83. The summed E-state index contributed by atoms with van der Waals surface area (Å²) < 4.78 is 5.49. The monoisotopic (exact) mass is 165 g/mol. The van der Waals surface area contributed by atoms with Gasteiger partial charge in [-0.15, -0.1) is 0 Å². The molecule has 0 radical (unpaired) electrons. The van der Waals surface area contributed by atoms with E-state index in [9.17, 15) is 0 Å². The molecule has 3 rings (SSSR count). The quantitative estimate of drug-likeness (QED) is 0.392. The number of ether oxygens (including phenoxy) is 1. The van der Waals surface area contributed by atoms with E-state index in [1.807, 2.05) is 0 Å². The van der Waals surface area contributed by atoms with Gasteiger partial charge in [-0.2, -0.15) is 0 Å². The van der Waals surface area contributed by atoms with Gasteiger partial charge >= 0.3 is 0 Å². The summed E-state index contributed by atoms with van der Waals surface area (Å²) in [5.74, 6) is 0.683. The van der Waals surface area contributed by atoms with Gasteiger partial charge in [0, 0.05) is 30.7 Å². The van der Waals surface area contributed by atoms with E-state index in [1.165, 1.54) is 13.0 Å². The molecular formula is C10H15NO. The van der Waals surface area contributed by atoms with Crippen molar-refractivity contribution in [1.29, 1.82) is 0 Å². The first kappa shape index (κ1) is 7.10. The maximum atomic E-state index is 5.49. The molecule has 1 spiro atoms. The Morgan fingerprint density at radius 3 is 3.33 bits per heavy atom. The van der Waals surface area contributed by atoms with Crippen LogP contribution in [0.2, 0.25) is 0 Å². The lowest BCUT2D eigenvalue weighted by atomic mass is 9.85. The van der Waals surface area contributed by atoms with Crippen LogP contribution in [-0.2, 0) is 4.74 Å². The van der Waals surface area contributed by atoms with E-state index in [4.69, 9.17) is 4.74 Å². The third-order valence-electron chi connectivity index (χ3n) is 3.69. The molecular weight excluding hydrogens is 150 g/mol. The van der Waals surface area contributed by atoms with Gasteiger partial charge in [0.15, 0.2) is 0 Å². The van der Waals surface area contributed by atoms with E-state index >= 15 is 0 Å². The zero-order valence-corrected chi connectivity index (χ0v) is 7.49. The standard InChI is InChI=1S/C10H15NO/c1-8-2-3-9-6-12-5-4-10(9)7-11(8)10/h2-3,8-9H,4-7H2,1H3/t8-,9-,10+,11?/m1/s1. The lowest BCUT2D eigenvalue weighted by Gasteiger charge is -2.34. The Hall–Kier alpha value is -0.340. The van der Waals surface area contributed by atoms with Crippen LogP contribution in [-0.4, -0.2) is 36.2 Å². The van der Waals surface area contributed by atoms with E-state index < -0.39 is 0 Å². The number of hydrogen-bond donors (Lipinski definition) is 0. The van der Waals surface area contributed by atoms with Crippen LogP contribution in [0.5, 0.6) is 0 Å². The molecule has 0 aliphatic carbocycles. The number of nitrogens with zero attached hydrogens (tertiary/aromatic N) is 1. The van der Waals surface area contributed by atoms with Crippen molar-refractivity contribution in [1.82, 2.24) is 4.90 Å². The molecule has 2 heteroatoms. The van der Waals surface area contributed by atoms with Crippen LogP contribution in [0.1, 0.15) is 13.3 Å². The van der Waals surface area contributed by atoms with E-state index in [0.717, 1.165) is 13.2 Å². The van der Waals surface area contributed by atoms with Crippen molar-refractivity contribution in [3.05, 3.63) is 12.2 Å². The first-order valence-corrected chi connectivity index (χ1v) is 4.86. The summed E-state index contributed by atoms with van der Waals surface area (Å²) in [6.07, 6.45) is 5.93. The minimum absolute atomic E-state index is 0.534. The van der Waals surface area contributed by atoms with E-state index in [2.05, 4.69) is 24.0 Å². The van der Waals surface area contributed by atoms with Gasteiger partial charge in [-0.25, -0.2) is 0 Å². The third kappa shape index (κ3) is 0.723. The van der Waals surface area contributed by atoms with Gasteiger partial charge in [0.05, 0.1) is 6.61 Å². The molecule has 0 aromatic heterocycles. The second-order valence-corrected chi connectivity index (χ2v) is 4.29. The van der Waals surface area contributed by atoms with Gasteiger partial charge in [0.2, 0.25) is 0 Å². The van der Waals surface area contributed by atoms with Crippen LogP contribution in [0.15, 0.2) is 12.2 Å². The van der Waals surface area contributed by atoms with Crippen LogP contribution in [0.4, 0.5) is 0 Å². The van der Waals surface area contributed by atoms with Crippen LogP contribution >= 0.6 is 0 Å². The average Bonchev–Trinajstić information content (AvgIpc) is 2.80. The Balaban J connectivity index is 1.92. The van der Waals surface area contributed by atoms with Gasteiger partial charge in [0.1, 0.15) is 0 Å². The molecule has 0 amide bonds. The fraction of sp³-hybridized carbons (Fsp3) is 0.800. The largest absolute Gasteiger partial charge is 0.381 e. The molecule has 3 aliphatic rings. The van der Waals surface area contributed by atoms with Gasteiger partial charge in [-0.05, 0) is 13.3 Å². The molecule has 2 nitrogen and oxygen atoms in total. The summed E-state index contributed by atoms with van der Waals surface area (Å²) >= 11 is 0. The zero-order chi connectivity index (χ0) is 8.18. The van der Waals surface area contributed by atoms with Crippen molar-refractivity contribution in [2.75, 3.05) is 19.8 Å². The molecule has 1 unspecified atom stereocenters. The minimum Gasteiger partial charge on any atom is -0.381 e. The van der Waals surface area contributed by atoms with Gasteiger partial charge < -0.3 is 4.74 Å². The Morgan fingerprint density at radius 1 is 1.50 bits per heavy atom. The molecule has 2 fully saturated rings. The lowest BCUT2D eigenvalue weighted by Crippen LogP contribution is -2.41. The lowest BCUT2D eigenvalue weighted by molar-refractivity contribution is 0.0291. The second kappa shape index (κ2) is 2.12. The fourth-order valence-electron chi connectivity index (χ4n) is 2.80. The van der Waals surface area contributed by atoms with Crippen molar-refractivity contribution in [2.24, 2.45) is 5.92 Å². The molecule has 2 saturated heterocycles. The van der Waals surface area contributed by atoms with Crippen LogP contribution in [0.25, 0.3) is 0 Å². The summed E-state index contributed by atoms with van der Waals surface area (Å²) in [6.45, 7) is 5.50. The maximum Gasteiger partial charge on any atom is 0.0547 e. The SMILES string of the molecule is C[C@@H]1C=C[C@@H]2COCC[C@]23CN13. The smallest absolute Gasteiger partial charge is 0.0547 e. The Bertz CT molecular complexity index is 238. The molecule has 0 aromatic rings. The van der Waals surface area contributed by atoms with Crippen molar-refractivity contribution in [3.63, 3.8) is 0 Å². The van der Waals surface area contributed by atoms with Crippen LogP contribution in [0, 0.1) is 5.92 Å². The number of rotatable bonds is 0. The van der Waals surface area contributed by atoms with Crippen molar-refractivity contribution < 1.29 is 4.74 Å². The molecule has 0 aromatic carbocycles. The zero-order valence-electron chi connectivity index (χ0n) is 7.49. The highest BCUT2D eigenvalue weighted by molar-refractivity contribution is 5.25. The Morgan fingerprint density at radius 2 is 2.42 bits per heavy atom. The average molecular weight is 165 g/mol. The highest BCUT2D eigenvalue weighted by Crippen LogP contribution is 2.49. The van der Waals surface area contributed by atoms with E-state index in [0.29, 0.717) is 17.5 Å². The second-order valence-electron chi connectivity index (χ2n) is 4.29. The maximum absolute atomic E-state index is 5.49. The molecule has 3 heterocycles. The fourth-order valence-corrected chi connectivity index (χ4v) is 2.80. The summed E-state index contributed by atoms with van der Waals surface area (Å²) in [5.41, 5.74) is 0.534. The topological polar surface area (TPSA) is 12.2 Å². The van der Waals surface area contributed by atoms with Crippen molar-refractivity contribution in [3.8, 4) is 0 Å². The summed E-state index contributed by atoms with van der Waals surface area (Å²) in [6, 6.07) is 0.666. The van der Waals surface area contributed by atoms with E-state index in [-0.39, 0.29) is 0 Å². The normalized spacial score (nSPS) is 55.9. The summed E-state index contributed by atoms with van der Waals surface area (Å²) in [4.78, 5) is 2.61. The minimum atomic E-state index is 0.534. The first-order valence-electron chi connectivity index (χ1n) is 4.86. The molecule has 66 valence electrons. The predicted octanol–water partition coefficient (Wildman–Crippen LogP) is 1.04. The highest BCUT2D eigenvalue weighted by atomic mass is 16.5. The molecule has 0 bridgehead atoms. The summed E-state index contributed by atoms with van der Waals surface area (Å²) in [5, 5.41) is 0. The molecule has 0 saturated carbocycles. The Kier molecular flexibility index (Phi) is 1.25. The van der Waals surface area contributed by atoms with E-state index in [1.54, 1.807) is 0 Å². The van der Waals surface area contributed by atoms with Gasteiger partial charge in [-0.1, -0.05) is 12.2 Å². The summed E-state index contributed by atoms with van der Waals surface area (Å²) in [7, 11) is 0. The third-order valence-corrected chi connectivity index (χ3v) is 3.69. The molecule has 4 atom stereocenters. The van der Waals surface area contributed by atoms with Crippen LogP contribution in [0.3, 0.4) is 0 Å². The van der Waals surface area contributed by atoms with Crippen molar-refractivity contribution in [2.45, 2.75) is 24.9 Å². The molecule has 3 aliphatic heterocycles. The van der Waals surface area contributed by atoms with Gasteiger partial charge in [-0.3, -0.25) is 4.90 Å². The molecule has 0 N–H and O–H groups in total. The van der Waals surface area contributed by atoms with Crippen molar-refractivity contribution >= 4 is 0 Å². The predicted molar refractivity (Wildman–Crippen MR) is 47.0 cm³/mol. The highest BCUT2D eigenvalue weighted by Gasteiger charge is 2.60. The Labute approximate surface area is 73.2 Å². The van der Waals surface area contributed by atoms with Crippen LogP contribution < -0.4 is 0 Å².